The molecule has 0 unspecified atom stereocenters. The van der Waals surface area contributed by atoms with Gasteiger partial charge in [0.2, 0.25) is 0 Å². The van der Waals surface area contributed by atoms with Crippen LogP contribution in [0, 0.1) is 6.92 Å². The average molecular weight is 574 g/mol. The molecule has 1 amide bonds. The second kappa shape index (κ2) is 11.0. The van der Waals surface area contributed by atoms with Crippen LogP contribution in [-0.4, -0.2) is 30.6 Å². The van der Waals surface area contributed by atoms with Crippen molar-refractivity contribution < 1.29 is 27.6 Å². The van der Waals surface area contributed by atoms with Crippen LogP contribution in [0.2, 0.25) is 10.0 Å². The molecule has 196 valence electrons. The fraction of sp³-hybridized carbons (Fsp3) is 0.115. The van der Waals surface area contributed by atoms with Gasteiger partial charge in [0.15, 0.2) is 5.75 Å². The van der Waals surface area contributed by atoms with E-state index in [0.717, 1.165) is 12.1 Å². The van der Waals surface area contributed by atoms with Gasteiger partial charge in [-0.25, -0.2) is 0 Å². The number of azo groups is 1. The number of amides is 1. The summed E-state index contributed by atoms with van der Waals surface area (Å²) in [6.07, 6.45) is 0. The fourth-order valence-electron chi connectivity index (χ4n) is 3.67. The molecule has 0 aliphatic heterocycles. The first-order valence-corrected chi connectivity index (χ1v) is 13.4. The van der Waals surface area contributed by atoms with Gasteiger partial charge in [0, 0.05) is 27.2 Å². The minimum atomic E-state index is -4.55. The number of phenols is 1. The molecule has 0 fully saturated rings. The van der Waals surface area contributed by atoms with Crippen LogP contribution < -0.4 is 10.1 Å². The molecule has 38 heavy (non-hydrogen) atoms. The zero-order valence-electron chi connectivity index (χ0n) is 20.1. The number of ether oxygens (including phenoxy) is 1. The lowest BCUT2D eigenvalue weighted by molar-refractivity contribution is 0.102. The van der Waals surface area contributed by atoms with Gasteiger partial charge in [0.1, 0.15) is 11.4 Å². The van der Waals surface area contributed by atoms with Crippen LogP contribution in [0.15, 0.2) is 75.8 Å². The molecular weight excluding hydrogens is 553 g/mol. The van der Waals surface area contributed by atoms with Crippen LogP contribution in [-0.2, 0) is 10.1 Å². The maximum atomic E-state index is 13.2. The number of anilines is 1. The molecule has 0 saturated carbocycles. The molecule has 0 aromatic heterocycles. The Morgan fingerprint density at radius 1 is 1.05 bits per heavy atom. The Balaban J connectivity index is 1.79. The molecule has 0 aliphatic carbocycles. The second-order valence-corrected chi connectivity index (χ2v) is 10.4. The molecule has 4 aromatic rings. The van der Waals surface area contributed by atoms with Crippen molar-refractivity contribution in [1.29, 1.82) is 0 Å². The third kappa shape index (κ3) is 5.89. The first-order valence-electron chi connectivity index (χ1n) is 11.2. The summed E-state index contributed by atoms with van der Waals surface area (Å²) in [7, 11) is -4.55. The summed E-state index contributed by atoms with van der Waals surface area (Å²) in [6.45, 7) is 3.82. The molecule has 0 atom stereocenters. The van der Waals surface area contributed by atoms with Crippen molar-refractivity contribution in [3.8, 4) is 11.5 Å². The van der Waals surface area contributed by atoms with E-state index in [1.54, 1.807) is 43.3 Å². The highest BCUT2D eigenvalue weighted by molar-refractivity contribution is 7.85. The number of halogens is 2. The molecule has 0 aliphatic rings. The quantitative estimate of drug-likeness (QED) is 0.155. The van der Waals surface area contributed by atoms with E-state index in [4.69, 9.17) is 27.9 Å². The highest BCUT2D eigenvalue weighted by atomic mass is 35.5. The molecule has 0 radical (unpaired) electrons. The van der Waals surface area contributed by atoms with Gasteiger partial charge in [-0.15, -0.1) is 5.11 Å². The number of aromatic hydroxyl groups is 1. The van der Waals surface area contributed by atoms with Crippen molar-refractivity contribution in [1.82, 2.24) is 0 Å². The highest BCUT2D eigenvalue weighted by Crippen LogP contribution is 2.40. The lowest BCUT2D eigenvalue weighted by Gasteiger charge is -2.12. The number of carbonyl (C=O) groups excluding carboxylic acids is 1. The van der Waals surface area contributed by atoms with Crippen molar-refractivity contribution >= 4 is 67.1 Å². The number of rotatable bonds is 7. The number of benzene rings is 4. The minimum Gasteiger partial charge on any atom is -0.505 e. The van der Waals surface area contributed by atoms with E-state index in [2.05, 4.69) is 15.5 Å². The number of fused-ring (bicyclic) bond motifs is 1. The van der Waals surface area contributed by atoms with E-state index < -0.39 is 26.7 Å². The third-order valence-electron chi connectivity index (χ3n) is 5.53. The van der Waals surface area contributed by atoms with E-state index in [-0.39, 0.29) is 22.0 Å². The van der Waals surface area contributed by atoms with Crippen LogP contribution in [0.25, 0.3) is 10.8 Å². The lowest BCUT2D eigenvalue weighted by Crippen LogP contribution is -2.12. The number of phenolic OH excluding ortho intramolecular Hbond substituents is 1. The van der Waals surface area contributed by atoms with Gasteiger partial charge in [0.05, 0.1) is 22.8 Å². The second-order valence-electron chi connectivity index (χ2n) is 8.13. The van der Waals surface area contributed by atoms with Crippen LogP contribution in [0.3, 0.4) is 0 Å². The van der Waals surface area contributed by atoms with Gasteiger partial charge in [-0.1, -0.05) is 47.5 Å². The van der Waals surface area contributed by atoms with Gasteiger partial charge in [0.25, 0.3) is 16.0 Å². The third-order valence-corrected chi connectivity index (χ3v) is 6.97. The fourth-order valence-corrected chi connectivity index (χ4v) is 4.70. The lowest BCUT2D eigenvalue weighted by atomic mass is 10.0. The van der Waals surface area contributed by atoms with E-state index in [1.807, 2.05) is 6.92 Å². The molecule has 4 rings (SSSR count). The molecule has 12 heteroatoms. The van der Waals surface area contributed by atoms with Crippen molar-refractivity contribution in [2.45, 2.75) is 18.7 Å². The molecule has 3 N–H and O–H groups in total. The van der Waals surface area contributed by atoms with Crippen LogP contribution >= 0.6 is 23.2 Å². The van der Waals surface area contributed by atoms with Crippen molar-refractivity contribution in [2.24, 2.45) is 10.2 Å². The van der Waals surface area contributed by atoms with Gasteiger partial charge in [-0.05, 0) is 55.1 Å². The first-order chi connectivity index (χ1) is 18.0. The van der Waals surface area contributed by atoms with Gasteiger partial charge >= 0.3 is 0 Å². The van der Waals surface area contributed by atoms with E-state index in [9.17, 15) is 22.9 Å². The SMILES string of the molecule is CCOc1cc(Cl)cc(NC(=O)c2cc3ccccc3c(N=Nc3cc(S(=O)(=O)O)cc(Cl)c3C)c2O)c1. The van der Waals surface area contributed by atoms with Crippen LogP contribution in [0.5, 0.6) is 11.5 Å². The van der Waals surface area contributed by atoms with Crippen molar-refractivity contribution in [3.63, 3.8) is 0 Å². The summed E-state index contributed by atoms with van der Waals surface area (Å²) in [5, 5.41) is 23.5. The van der Waals surface area contributed by atoms with E-state index in [1.165, 1.54) is 12.1 Å². The Bertz CT molecular complexity index is 1710. The summed E-state index contributed by atoms with van der Waals surface area (Å²) in [5.41, 5.74) is 0.686. The zero-order chi connectivity index (χ0) is 27.6. The molecule has 0 saturated heterocycles. The summed E-state index contributed by atoms with van der Waals surface area (Å²) in [6, 6.07) is 15.3. The normalized spacial score (nSPS) is 11.7. The Kier molecular flexibility index (Phi) is 7.89. The summed E-state index contributed by atoms with van der Waals surface area (Å²) >= 11 is 12.3. The summed E-state index contributed by atoms with van der Waals surface area (Å²) in [4.78, 5) is 12.7. The Labute approximate surface area is 228 Å². The number of nitrogens with zero attached hydrogens (tertiary/aromatic N) is 2. The smallest absolute Gasteiger partial charge is 0.294 e. The highest BCUT2D eigenvalue weighted by Gasteiger charge is 2.20. The molecule has 4 aromatic carbocycles. The van der Waals surface area contributed by atoms with E-state index in [0.29, 0.717) is 39.4 Å². The maximum absolute atomic E-state index is 13.2. The summed E-state index contributed by atoms with van der Waals surface area (Å²) in [5.74, 6) is -0.623. The van der Waals surface area contributed by atoms with Crippen molar-refractivity contribution in [3.05, 3.63) is 81.8 Å². The van der Waals surface area contributed by atoms with Crippen LogP contribution in [0.1, 0.15) is 22.8 Å². The Morgan fingerprint density at radius 2 is 1.79 bits per heavy atom. The van der Waals surface area contributed by atoms with Crippen molar-refractivity contribution in [2.75, 3.05) is 11.9 Å². The largest absolute Gasteiger partial charge is 0.505 e. The van der Waals surface area contributed by atoms with Crippen LogP contribution in [0.4, 0.5) is 17.1 Å². The predicted octanol–water partition coefficient (Wildman–Crippen LogP) is 7.47. The number of nitrogens with one attached hydrogen (secondary N) is 1. The van der Waals surface area contributed by atoms with E-state index >= 15 is 0 Å². The predicted molar refractivity (Wildman–Crippen MR) is 146 cm³/mol. The first kappa shape index (κ1) is 27.3. The standard InChI is InChI=1S/C26H21Cl2N3O6S/c1-3-37-18-10-16(27)9-17(11-18)29-26(33)21-8-15-6-4-5-7-20(15)24(25(21)32)31-30-23-13-19(38(34,35)36)12-22(28)14(23)2/h4-13,32H,3H2,1-2H3,(H,29,33)(H,34,35,36). The molecule has 0 heterocycles. The molecule has 0 bridgehead atoms. The molecule has 9 nitrogen and oxygen atoms in total. The average Bonchev–Trinajstić information content (AvgIpc) is 2.84. The Hall–Kier alpha value is -3.70. The number of hydrogen-bond donors (Lipinski definition) is 3. The molecular formula is C26H21Cl2N3O6S. The Morgan fingerprint density at radius 3 is 2.50 bits per heavy atom. The zero-order valence-corrected chi connectivity index (χ0v) is 22.4. The number of carbonyl (C=O) groups is 1. The summed E-state index contributed by atoms with van der Waals surface area (Å²) < 4.78 is 38.1. The molecule has 0 spiro atoms. The minimum absolute atomic E-state index is 0.0258. The number of hydrogen-bond acceptors (Lipinski definition) is 7. The van der Waals surface area contributed by atoms with Gasteiger partial charge in [-0.3, -0.25) is 9.35 Å². The maximum Gasteiger partial charge on any atom is 0.294 e. The topological polar surface area (TPSA) is 138 Å². The monoisotopic (exact) mass is 573 g/mol. The van der Waals surface area contributed by atoms with Gasteiger partial charge in [-0.2, -0.15) is 13.5 Å². The van der Waals surface area contributed by atoms with Gasteiger partial charge < -0.3 is 15.2 Å².